The molecule has 0 heterocycles. The summed E-state index contributed by atoms with van der Waals surface area (Å²) in [5.74, 6) is 1.63. The van der Waals surface area contributed by atoms with E-state index in [9.17, 15) is 0 Å². The van der Waals surface area contributed by atoms with Crippen LogP contribution in [0.15, 0.2) is 12.1 Å². The quantitative estimate of drug-likeness (QED) is 0.835. The molecule has 2 nitrogen and oxygen atoms in total. The summed E-state index contributed by atoms with van der Waals surface area (Å²) in [5.41, 5.74) is 10.8. The highest BCUT2D eigenvalue weighted by Gasteiger charge is 2.31. The van der Waals surface area contributed by atoms with E-state index < -0.39 is 0 Å². The van der Waals surface area contributed by atoms with Crippen LogP contribution in [0, 0.1) is 0 Å². The van der Waals surface area contributed by atoms with Crippen molar-refractivity contribution in [2.75, 3.05) is 7.11 Å². The predicted octanol–water partition coefficient (Wildman–Crippen LogP) is 2.81. The van der Waals surface area contributed by atoms with Gasteiger partial charge in [-0.25, -0.2) is 0 Å². The van der Waals surface area contributed by atoms with Crippen LogP contribution >= 0.6 is 12.4 Å². The molecule has 0 amide bonds. The van der Waals surface area contributed by atoms with Gasteiger partial charge >= 0.3 is 0 Å². The van der Waals surface area contributed by atoms with Crippen molar-refractivity contribution in [3.63, 3.8) is 0 Å². The Labute approximate surface area is 109 Å². The monoisotopic (exact) mass is 253 g/mol. The van der Waals surface area contributed by atoms with E-state index in [0.29, 0.717) is 12.0 Å². The average molecular weight is 254 g/mol. The van der Waals surface area contributed by atoms with Crippen LogP contribution in [0.5, 0.6) is 5.75 Å². The summed E-state index contributed by atoms with van der Waals surface area (Å²) in [4.78, 5) is 0. The third kappa shape index (κ3) is 2.04. The number of nitrogens with two attached hydrogens (primary N) is 1. The third-order valence-corrected chi connectivity index (χ3v) is 4.16. The van der Waals surface area contributed by atoms with Crippen LogP contribution < -0.4 is 10.5 Å². The molecule has 2 atom stereocenters. The van der Waals surface area contributed by atoms with Gasteiger partial charge in [0, 0.05) is 6.04 Å². The number of hydrogen-bond donors (Lipinski definition) is 1. The van der Waals surface area contributed by atoms with Crippen molar-refractivity contribution in [1.82, 2.24) is 0 Å². The number of hydrogen-bond acceptors (Lipinski definition) is 2. The van der Waals surface area contributed by atoms with Gasteiger partial charge in [-0.15, -0.1) is 12.4 Å². The molecule has 1 aromatic carbocycles. The molecule has 3 heteroatoms. The Bertz CT molecular complexity index is 402. The van der Waals surface area contributed by atoms with E-state index in [0.717, 1.165) is 18.6 Å². The Hall–Kier alpha value is -0.730. The minimum Gasteiger partial charge on any atom is -0.497 e. The highest BCUT2D eigenvalue weighted by molar-refractivity contribution is 5.85. The van der Waals surface area contributed by atoms with Gasteiger partial charge in [0.05, 0.1) is 7.11 Å². The molecule has 2 aliphatic carbocycles. The standard InChI is InChI=1S/C14H19NO.ClH/c1-16-11-7-9-3-2-4-12-13(15)6-5-10(8-11)14(9)12;/h7-8,12-13H,2-6,15H2,1H3;1H. The first kappa shape index (κ1) is 12.7. The zero-order valence-electron chi connectivity index (χ0n) is 10.2. The van der Waals surface area contributed by atoms with E-state index in [1.54, 1.807) is 12.7 Å². The average Bonchev–Trinajstić information content (AvgIpc) is 2.33. The molecule has 94 valence electrons. The smallest absolute Gasteiger partial charge is 0.119 e. The Balaban J connectivity index is 0.00000108. The number of ether oxygens (including phenoxy) is 1. The summed E-state index contributed by atoms with van der Waals surface area (Å²) in [6.07, 6.45) is 6.00. The molecule has 1 aromatic rings. The predicted molar refractivity (Wildman–Crippen MR) is 72.2 cm³/mol. The van der Waals surface area contributed by atoms with Crippen LogP contribution in [0.25, 0.3) is 0 Å². The lowest BCUT2D eigenvalue weighted by atomic mass is 9.71. The first-order valence-electron chi connectivity index (χ1n) is 6.25. The Morgan fingerprint density at radius 1 is 1.18 bits per heavy atom. The van der Waals surface area contributed by atoms with Crippen molar-refractivity contribution in [2.24, 2.45) is 5.73 Å². The van der Waals surface area contributed by atoms with Crippen molar-refractivity contribution in [3.05, 3.63) is 28.8 Å². The van der Waals surface area contributed by atoms with E-state index in [1.807, 2.05) is 0 Å². The van der Waals surface area contributed by atoms with Crippen molar-refractivity contribution in [2.45, 2.75) is 44.1 Å². The number of benzene rings is 1. The van der Waals surface area contributed by atoms with Crippen molar-refractivity contribution in [1.29, 1.82) is 0 Å². The fraction of sp³-hybridized carbons (Fsp3) is 0.571. The molecule has 0 spiro atoms. The number of halogens is 1. The molecule has 17 heavy (non-hydrogen) atoms. The maximum Gasteiger partial charge on any atom is 0.119 e. The Kier molecular flexibility index (Phi) is 3.64. The molecule has 0 aromatic heterocycles. The molecule has 0 bridgehead atoms. The molecular weight excluding hydrogens is 234 g/mol. The largest absolute Gasteiger partial charge is 0.497 e. The second kappa shape index (κ2) is 4.87. The maximum absolute atomic E-state index is 6.25. The van der Waals surface area contributed by atoms with Gasteiger partial charge in [0.2, 0.25) is 0 Å². The normalized spacial score (nSPS) is 25.8. The number of rotatable bonds is 1. The lowest BCUT2D eigenvalue weighted by Crippen LogP contribution is -2.35. The van der Waals surface area contributed by atoms with Crippen molar-refractivity contribution < 1.29 is 4.74 Å². The van der Waals surface area contributed by atoms with Gasteiger partial charge in [0.15, 0.2) is 0 Å². The van der Waals surface area contributed by atoms with Crippen molar-refractivity contribution >= 4 is 12.4 Å². The second-order valence-corrected chi connectivity index (χ2v) is 5.06. The maximum atomic E-state index is 6.25. The van der Waals surface area contributed by atoms with Crippen molar-refractivity contribution in [3.8, 4) is 5.75 Å². The van der Waals surface area contributed by atoms with E-state index >= 15 is 0 Å². The minimum atomic E-state index is 0. The van der Waals surface area contributed by atoms with Gasteiger partial charge in [-0.3, -0.25) is 0 Å². The molecule has 0 fully saturated rings. The molecule has 3 rings (SSSR count). The molecule has 2 unspecified atom stereocenters. The van der Waals surface area contributed by atoms with Gasteiger partial charge in [-0.2, -0.15) is 0 Å². The van der Waals surface area contributed by atoms with Gasteiger partial charge in [-0.05, 0) is 66.8 Å². The lowest BCUT2D eigenvalue weighted by molar-refractivity contribution is 0.397. The zero-order valence-corrected chi connectivity index (χ0v) is 11.1. The van der Waals surface area contributed by atoms with Crippen LogP contribution in [0.1, 0.15) is 41.9 Å². The SMILES string of the molecule is COc1cc2c3c(c1)CCC(N)C3CCC2.Cl. The zero-order chi connectivity index (χ0) is 11.1. The van der Waals surface area contributed by atoms with E-state index in [4.69, 9.17) is 10.5 Å². The van der Waals surface area contributed by atoms with Gasteiger partial charge in [0.25, 0.3) is 0 Å². The molecule has 0 saturated heterocycles. The summed E-state index contributed by atoms with van der Waals surface area (Å²) in [5, 5.41) is 0. The van der Waals surface area contributed by atoms with E-state index in [2.05, 4.69) is 12.1 Å². The second-order valence-electron chi connectivity index (χ2n) is 5.06. The van der Waals surface area contributed by atoms with Gasteiger partial charge in [0.1, 0.15) is 5.75 Å². The first-order chi connectivity index (χ1) is 7.79. The van der Waals surface area contributed by atoms with Crippen LogP contribution in [0.4, 0.5) is 0 Å². The summed E-state index contributed by atoms with van der Waals surface area (Å²) in [6, 6.07) is 4.80. The van der Waals surface area contributed by atoms with E-state index in [-0.39, 0.29) is 12.4 Å². The summed E-state index contributed by atoms with van der Waals surface area (Å²) >= 11 is 0. The molecule has 2 aliphatic rings. The molecule has 0 aliphatic heterocycles. The Morgan fingerprint density at radius 2 is 1.88 bits per heavy atom. The van der Waals surface area contributed by atoms with Gasteiger partial charge in [-0.1, -0.05) is 0 Å². The summed E-state index contributed by atoms with van der Waals surface area (Å²) < 4.78 is 5.38. The third-order valence-electron chi connectivity index (χ3n) is 4.16. The summed E-state index contributed by atoms with van der Waals surface area (Å²) in [7, 11) is 1.75. The topological polar surface area (TPSA) is 35.2 Å². The molecule has 2 N–H and O–H groups in total. The fourth-order valence-corrected chi connectivity index (χ4v) is 3.36. The number of methoxy groups -OCH3 is 1. The molecular formula is C14H20ClNO. The first-order valence-corrected chi connectivity index (χ1v) is 6.25. The summed E-state index contributed by atoms with van der Waals surface area (Å²) in [6.45, 7) is 0. The highest BCUT2D eigenvalue weighted by Crippen LogP contribution is 2.42. The van der Waals surface area contributed by atoms with Crippen LogP contribution in [-0.4, -0.2) is 13.2 Å². The molecule has 0 radical (unpaired) electrons. The highest BCUT2D eigenvalue weighted by atomic mass is 35.5. The van der Waals surface area contributed by atoms with Crippen LogP contribution in [0.3, 0.4) is 0 Å². The minimum absolute atomic E-state index is 0. The fourth-order valence-electron chi connectivity index (χ4n) is 3.36. The van der Waals surface area contributed by atoms with Gasteiger partial charge < -0.3 is 10.5 Å². The number of aryl methyl sites for hydroxylation is 2. The Morgan fingerprint density at radius 3 is 2.59 bits per heavy atom. The lowest BCUT2D eigenvalue weighted by Gasteiger charge is -2.36. The van der Waals surface area contributed by atoms with E-state index in [1.165, 1.54) is 30.4 Å². The van der Waals surface area contributed by atoms with Crippen LogP contribution in [-0.2, 0) is 12.8 Å². The molecule has 0 saturated carbocycles. The van der Waals surface area contributed by atoms with Crippen LogP contribution in [0.2, 0.25) is 0 Å².